The molecule has 0 aromatic heterocycles. The zero-order valence-electron chi connectivity index (χ0n) is 14.2. The molecule has 0 aliphatic heterocycles. The number of benzene rings is 2. The van der Waals surface area contributed by atoms with Gasteiger partial charge in [-0.3, -0.25) is 9.59 Å². The van der Waals surface area contributed by atoms with E-state index in [1.807, 2.05) is 0 Å². The maximum Gasteiger partial charge on any atom is 0.326 e. The lowest BCUT2D eigenvalue weighted by molar-refractivity contribution is -0.141. The summed E-state index contributed by atoms with van der Waals surface area (Å²) in [7, 11) is 1.55. The number of carbonyl (C=O) groups excluding carboxylic acids is 2. The molecule has 2 N–H and O–H groups in total. The van der Waals surface area contributed by atoms with Crippen LogP contribution in [0.2, 0.25) is 0 Å². The summed E-state index contributed by atoms with van der Waals surface area (Å²) in [6.07, 6.45) is 0.185. The van der Waals surface area contributed by atoms with Crippen LogP contribution in [0.1, 0.15) is 11.1 Å². The van der Waals surface area contributed by atoms with E-state index in [4.69, 9.17) is 4.74 Å². The van der Waals surface area contributed by atoms with Crippen molar-refractivity contribution in [2.45, 2.75) is 18.9 Å². The predicted octanol–water partition coefficient (Wildman–Crippen LogP) is 1.58. The summed E-state index contributed by atoms with van der Waals surface area (Å²) in [4.78, 5) is 33.9. The number of rotatable bonds is 9. The van der Waals surface area contributed by atoms with Crippen molar-refractivity contribution in [2.75, 3.05) is 7.11 Å². The number of methoxy groups -OCH3 is 1. The van der Waals surface area contributed by atoms with Gasteiger partial charge in [0.25, 0.3) is 6.47 Å². The van der Waals surface area contributed by atoms with Crippen molar-refractivity contribution >= 4 is 18.3 Å². The number of hydrogen-bond donors (Lipinski definition) is 2. The van der Waals surface area contributed by atoms with Crippen molar-refractivity contribution in [3.8, 4) is 11.5 Å². The minimum atomic E-state index is -1.12. The van der Waals surface area contributed by atoms with Gasteiger partial charge in [-0.1, -0.05) is 24.3 Å². The van der Waals surface area contributed by atoms with E-state index in [1.54, 1.807) is 55.6 Å². The van der Waals surface area contributed by atoms with Gasteiger partial charge in [-0.05, 0) is 35.4 Å². The fraction of sp³-hybridized carbons (Fsp3) is 0.211. The Hall–Kier alpha value is -3.35. The number of carboxylic acids is 1. The highest BCUT2D eigenvalue weighted by Gasteiger charge is 2.20. The Balaban J connectivity index is 1.96. The third-order valence-corrected chi connectivity index (χ3v) is 3.70. The zero-order valence-corrected chi connectivity index (χ0v) is 14.2. The Morgan fingerprint density at radius 1 is 1.04 bits per heavy atom. The van der Waals surface area contributed by atoms with Gasteiger partial charge in [0.1, 0.15) is 17.5 Å². The summed E-state index contributed by atoms with van der Waals surface area (Å²) in [6.45, 7) is 0.314. The van der Waals surface area contributed by atoms with Crippen LogP contribution in [0.15, 0.2) is 48.5 Å². The van der Waals surface area contributed by atoms with Gasteiger partial charge in [0.15, 0.2) is 0 Å². The fourth-order valence-electron chi connectivity index (χ4n) is 2.37. The minimum absolute atomic E-state index is 0.0693. The smallest absolute Gasteiger partial charge is 0.326 e. The summed E-state index contributed by atoms with van der Waals surface area (Å²) in [5.41, 5.74) is 1.45. The van der Waals surface area contributed by atoms with Gasteiger partial charge in [0.2, 0.25) is 5.91 Å². The average Bonchev–Trinajstić information content (AvgIpc) is 2.63. The molecule has 7 nitrogen and oxygen atoms in total. The maximum atomic E-state index is 12.1. The van der Waals surface area contributed by atoms with Crippen LogP contribution in [0.3, 0.4) is 0 Å². The molecule has 2 rings (SSSR count). The number of nitrogens with one attached hydrogen (secondary N) is 1. The van der Waals surface area contributed by atoms with Gasteiger partial charge in [-0.15, -0.1) is 0 Å². The molecule has 1 unspecified atom stereocenters. The minimum Gasteiger partial charge on any atom is -0.497 e. The van der Waals surface area contributed by atoms with Gasteiger partial charge in [-0.2, -0.15) is 0 Å². The van der Waals surface area contributed by atoms with Crippen molar-refractivity contribution in [3.63, 3.8) is 0 Å². The van der Waals surface area contributed by atoms with Gasteiger partial charge in [0.05, 0.1) is 13.5 Å². The highest BCUT2D eigenvalue weighted by molar-refractivity contribution is 5.85. The standard InChI is InChI=1S/C19H19NO6/c1-25-15-6-2-14(3-7-15)11-18(22)20-17(19(23)24)10-13-4-8-16(9-5-13)26-12-21/h2-9,12,17H,10-11H2,1H3,(H,20,22)(H,23,24). The molecule has 0 spiro atoms. The van der Waals surface area contributed by atoms with Crippen molar-refractivity contribution in [2.24, 2.45) is 0 Å². The molecule has 0 fully saturated rings. The lowest BCUT2D eigenvalue weighted by atomic mass is 10.0. The summed E-state index contributed by atoms with van der Waals surface area (Å²) in [5, 5.41) is 11.9. The third kappa shape index (κ3) is 5.62. The first-order chi connectivity index (χ1) is 12.5. The fourth-order valence-corrected chi connectivity index (χ4v) is 2.37. The van der Waals surface area contributed by atoms with Crippen LogP contribution in [-0.4, -0.2) is 36.6 Å². The number of amides is 1. The molecule has 1 atom stereocenters. The lowest BCUT2D eigenvalue weighted by Gasteiger charge is -2.15. The molecule has 1 amide bonds. The molecule has 2 aromatic rings. The molecule has 0 bridgehead atoms. The maximum absolute atomic E-state index is 12.1. The van der Waals surface area contributed by atoms with E-state index in [1.165, 1.54) is 0 Å². The van der Waals surface area contributed by atoms with E-state index >= 15 is 0 Å². The van der Waals surface area contributed by atoms with Gasteiger partial charge in [-0.25, -0.2) is 4.79 Å². The summed E-state index contributed by atoms with van der Waals surface area (Å²) in [5.74, 6) is -0.469. The SMILES string of the molecule is COc1ccc(CC(=O)NC(Cc2ccc(OC=O)cc2)C(=O)O)cc1. The second-order valence-corrected chi connectivity index (χ2v) is 5.55. The Bertz CT molecular complexity index is 755. The van der Waals surface area contributed by atoms with E-state index in [2.05, 4.69) is 10.1 Å². The lowest BCUT2D eigenvalue weighted by Crippen LogP contribution is -2.43. The predicted molar refractivity (Wildman–Crippen MR) is 93.1 cm³/mol. The Labute approximate surface area is 150 Å². The van der Waals surface area contributed by atoms with Crippen molar-refractivity contribution in [1.29, 1.82) is 0 Å². The monoisotopic (exact) mass is 357 g/mol. The largest absolute Gasteiger partial charge is 0.497 e. The molecular formula is C19H19NO6. The Morgan fingerprint density at radius 3 is 2.15 bits per heavy atom. The van der Waals surface area contributed by atoms with E-state index < -0.39 is 12.0 Å². The molecule has 2 aromatic carbocycles. The summed E-state index contributed by atoms with van der Waals surface area (Å²) >= 11 is 0. The van der Waals surface area contributed by atoms with Crippen LogP contribution in [0, 0.1) is 0 Å². The first kappa shape index (κ1) is 19.0. The topological polar surface area (TPSA) is 102 Å². The van der Waals surface area contributed by atoms with Crippen molar-refractivity contribution in [3.05, 3.63) is 59.7 Å². The van der Waals surface area contributed by atoms with Gasteiger partial charge in [0, 0.05) is 6.42 Å². The van der Waals surface area contributed by atoms with Crippen LogP contribution < -0.4 is 14.8 Å². The van der Waals surface area contributed by atoms with Gasteiger partial charge >= 0.3 is 5.97 Å². The highest BCUT2D eigenvalue weighted by atomic mass is 16.5. The molecule has 26 heavy (non-hydrogen) atoms. The second-order valence-electron chi connectivity index (χ2n) is 5.55. The quantitative estimate of drug-likeness (QED) is 0.661. The summed E-state index contributed by atoms with van der Waals surface area (Å²) in [6, 6.07) is 12.3. The number of carbonyl (C=O) groups is 3. The Morgan fingerprint density at radius 2 is 1.62 bits per heavy atom. The average molecular weight is 357 g/mol. The van der Waals surface area contributed by atoms with E-state index in [-0.39, 0.29) is 18.7 Å². The molecule has 0 saturated carbocycles. The Kier molecular flexibility index (Phi) is 6.73. The summed E-state index contributed by atoms with van der Waals surface area (Å²) < 4.78 is 9.74. The van der Waals surface area contributed by atoms with Crippen LogP contribution in [-0.2, 0) is 27.2 Å². The highest BCUT2D eigenvalue weighted by Crippen LogP contribution is 2.14. The molecular weight excluding hydrogens is 338 g/mol. The van der Waals surface area contributed by atoms with E-state index in [0.29, 0.717) is 23.5 Å². The third-order valence-electron chi connectivity index (χ3n) is 3.70. The molecule has 0 saturated heterocycles. The number of hydrogen-bond acceptors (Lipinski definition) is 5. The van der Waals surface area contributed by atoms with Crippen LogP contribution in [0.5, 0.6) is 11.5 Å². The first-order valence-corrected chi connectivity index (χ1v) is 7.86. The molecule has 0 radical (unpaired) electrons. The molecule has 7 heteroatoms. The first-order valence-electron chi connectivity index (χ1n) is 7.86. The zero-order chi connectivity index (χ0) is 18.9. The van der Waals surface area contributed by atoms with Gasteiger partial charge < -0.3 is 19.9 Å². The van der Waals surface area contributed by atoms with Crippen LogP contribution >= 0.6 is 0 Å². The van der Waals surface area contributed by atoms with E-state index in [0.717, 1.165) is 5.56 Å². The number of ether oxygens (including phenoxy) is 2. The molecule has 0 heterocycles. The number of aliphatic carboxylic acids is 1. The molecule has 0 aliphatic carbocycles. The second kappa shape index (κ2) is 9.22. The van der Waals surface area contributed by atoms with Crippen molar-refractivity contribution in [1.82, 2.24) is 5.32 Å². The van der Waals surface area contributed by atoms with Crippen molar-refractivity contribution < 1.29 is 29.0 Å². The van der Waals surface area contributed by atoms with Crippen LogP contribution in [0.4, 0.5) is 0 Å². The normalized spacial score (nSPS) is 11.3. The molecule has 136 valence electrons. The van der Waals surface area contributed by atoms with E-state index in [9.17, 15) is 19.5 Å². The molecule has 0 aliphatic rings. The van der Waals surface area contributed by atoms with Crippen LogP contribution in [0.25, 0.3) is 0 Å². The number of carboxylic acid groups (broad SMARTS) is 1.